The summed E-state index contributed by atoms with van der Waals surface area (Å²) in [5.74, 6) is -0.186. The smallest absolute Gasteiger partial charge is 0.298 e. The number of oxazole rings is 1. The lowest BCUT2D eigenvalue weighted by Crippen LogP contribution is -2.36. The number of hydrogen-bond donors (Lipinski definition) is 1. The van der Waals surface area contributed by atoms with E-state index in [1.54, 1.807) is 6.07 Å². The fourth-order valence-corrected chi connectivity index (χ4v) is 4.42. The molecule has 7 heteroatoms. The quantitative estimate of drug-likeness (QED) is 0.562. The van der Waals surface area contributed by atoms with Gasteiger partial charge in [-0.05, 0) is 48.4 Å². The average molecular weight is 392 g/mol. The lowest BCUT2D eigenvalue weighted by Gasteiger charge is -2.29. The van der Waals surface area contributed by atoms with Gasteiger partial charge >= 0.3 is 0 Å². The molecule has 0 unspecified atom stereocenters. The van der Waals surface area contributed by atoms with E-state index in [0.29, 0.717) is 19.2 Å². The third-order valence-corrected chi connectivity index (χ3v) is 5.94. The van der Waals surface area contributed by atoms with Gasteiger partial charge in [-0.25, -0.2) is 4.39 Å². The van der Waals surface area contributed by atoms with Crippen LogP contribution in [-0.4, -0.2) is 42.8 Å². The first-order valence-electron chi connectivity index (χ1n) is 10.0. The van der Waals surface area contributed by atoms with Crippen molar-refractivity contribution >= 4 is 33.7 Å². The van der Waals surface area contributed by atoms with Crippen LogP contribution in [0.5, 0.6) is 0 Å². The molecule has 0 aliphatic carbocycles. The fraction of sp³-hybridized carbons (Fsp3) is 0.318. The molecule has 4 aromatic rings. The van der Waals surface area contributed by atoms with Crippen molar-refractivity contribution in [1.29, 1.82) is 0 Å². The van der Waals surface area contributed by atoms with Gasteiger partial charge in [0.2, 0.25) is 0 Å². The van der Waals surface area contributed by atoms with Crippen LogP contribution in [0.3, 0.4) is 0 Å². The number of nitrogens with one attached hydrogen (secondary N) is 1. The molecule has 6 rings (SSSR count). The molecule has 2 aliphatic rings. The first-order valence-corrected chi connectivity index (χ1v) is 10.0. The van der Waals surface area contributed by atoms with E-state index in [2.05, 4.69) is 26.9 Å². The summed E-state index contributed by atoms with van der Waals surface area (Å²) in [6, 6.07) is 11.8. The second kappa shape index (κ2) is 6.49. The molecule has 0 bridgehead atoms. The van der Waals surface area contributed by atoms with Crippen LogP contribution < -0.4 is 9.80 Å². The molecular weight excluding hydrogens is 371 g/mol. The Kier molecular flexibility index (Phi) is 3.77. The molecule has 0 amide bonds. The van der Waals surface area contributed by atoms with E-state index in [1.807, 2.05) is 12.1 Å². The van der Waals surface area contributed by atoms with Crippen molar-refractivity contribution in [2.45, 2.75) is 13.0 Å². The van der Waals surface area contributed by atoms with Crippen molar-refractivity contribution in [2.24, 2.45) is 0 Å². The SMILES string of the molecule is Fc1ccc2[nH]c3c(c2c1)CCN(c1ccc2oc(N4CCOCC4)nc2c1)C3. The number of morpholine rings is 1. The van der Waals surface area contributed by atoms with Crippen LogP contribution in [0.25, 0.3) is 22.0 Å². The van der Waals surface area contributed by atoms with Crippen molar-refractivity contribution in [3.63, 3.8) is 0 Å². The van der Waals surface area contributed by atoms with Crippen LogP contribution in [0.15, 0.2) is 40.8 Å². The lowest BCUT2D eigenvalue weighted by atomic mass is 10.0. The molecule has 6 nitrogen and oxygen atoms in total. The number of H-pyrrole nitrogens is 1. The average Bonchev–Trinajstić information content (AvgIpc) is 3.34. The highest BCUT2D eigenvalue weighted by atomic mass is 19.1. The molecule has 0 radical (unpaired) electrons. The molecule has 148 valence electrons. The number of benzene rings is 2. The summed E-state index contributed by atoms with van der Waals surface area (Å²) in [6.45, 7) is 4.66. The highest BCUT2D eigenvalue weighted by Gasteiger charge is 2.22. The molecule has 1 fully saturated rings. The van der Waals surface area contributed by atoms with Crippen LogP contribution in [0.1, 0.15) is 11.3 Å². The zero-order chi connectivity index (χ0) is 19.4. The van der Waals surface area contributed by atoms with E-state index in [0.717, 1.165) is 66.0 Å². The van der Waals surface area contributed by atoms with Crippen molar-refractivity contribution in [3.8, 4) is 0 Å². The van der Waals surface area contributed by atoms with Crippen LogP contribution in [0.2, 0.25) is 0 Å². The van der Waals surface area contributed by atoms with Gasteiger partial charge in [0.1, 0.15) is 11.3 Å². The molecule has 4 heterocycles. The highest BCUT2D eigenvalue weighted by Crippen LogP contribution is 2.32. The summed E-state index contributed by atoms with van der Waals surface area (Å²) in [5.41, 5.74) is 6.18. The molecule has 2 aromatic heterocycles. The largest absolute Gasteiger partial charge is 0.423 e. The van der Waals surface area contributed by atoms with E-state index in [1.165, 1.54) is 11.6 Å². The number of fused-ring (bicyclic) bond motifs is 4. The summed E-state index contributed by atoms with van der Waals surface area (Å²) in [7, 11) is 0. The molecular formula is C22H21FN4O2. The van der Waals surface area contributed by atoms with Crippen molar-refractivity contribution in [3.05, 3.63) is 53.5 Å². The molecule has 0 atom stereocenters. The molecule has 2 aliphatic heterocycles. The Morgan fingerprint density at radius 2 is 1.90 bits per heavy atom. The summed E-state index contributed by atoms with van der Waals surface area (Å²) < 4.78 is 25.0. The Balaban J connectivity index is 1.30. The second-order valence-corrected chi connectivity index (χ2v) is 7.69. The monoisotopic (exact) mass is 392 g/mol. The second-order valence-electron chi connectivity index (χ2n) is 7.69. The number of ether oxygens (including phenoxy) is 1. The summed E-state index contributed by atoms with van der Waals surface area (Å²) in [5, 5.41) is 1.00. The van der Waals surface area contributed by atoms with Gasteiger partial charge in [-0.1, -0.05) is 0 Å². The predicted octanol–water partition coefficient (Wildman–Crippen LogP) is 3.85. The van der Waals surface area contributed by atoms with Crippen LogP contribution >= 0.6 is 0 Å². The summed E-state index contributed by atoms with van der Waals surface area (Å²) >= 11 is 0. The number of rotatable bonds is 2. The highest BCUT2D eigenvalue weighted by molar-refractivity contribution is 5.85. The Morgan fingerprint density at radius 1 is 1.00 bits per heavy atom. The topological polar surface area (TPSA) is 57.5 Å². The molecule has 1 saturated heterocycles. The van der Waals surface area contributed by atoms with Gasteiger partial charge in [-0.2, -0.15) is 4.98 Å². The van der Waals surface area contributed by atoms with Gasteiger partial charge in [0, 0.05) is 41.9 Å². The van der Waals surface area contributed by atoms with Crippen LogP contribution in [0, 0.1) is 5.82 Å². The number of anilines is 2. The zero-order valence-electron chi connectivity index (χ0n) is 15.9. The normalized spacial score (nSPS) is 17.3. The lowest BCUT2D eigenvalue weighted by molar-refractivity contribution is 0.120. The molecule has 0 spiro atoms. The van der Waals surface area contributed by atoms with Gasteiger partial charge in [0.15, 0.2) is 5.58 Å². The van der Waals surface area contributed by atoms with Gasteiger partial charge < -0.3 is 23.9 Å². The molecule has 29 heavy (non-hydrogen) atoms. The number of hydrogen-bond acceptors (Lipinski definition) is 5. The van der Waals surface area contributed by atoms with Gasteiger partial charge in [-0.15, -0.1) is 0 Å². The third-order valence-electron chi connectivity index (χ3n) is 5.94. The van der Waals surface area contributed by atoms with Crippen molar-refractivity contribution < 1.29 is 13.5 Å². The Morgan fingerprint density at radius 3 is 2.79 bits per heavy atom. The van der Waals surface area contributed by atoms with Gasteiger partial charge in [0.05, 0.1) is 19.8 Å². The maximum atomic E-state index is 13.7. The van der Waals surface area contributed by atoms with Crippen LogP contribution in [0.4, 0.5) is 16.1 Å². The van der Waals surface area contributed by atoms with E-state index in [4.69, 9.17) is 14.1 Å². The minimum Gasteiger partial charge on any atom is -0.423 e. The first-order chi connectivity index (χ1) is 14.2. The predicted molar refractivity (Wildman–Crippen MR) is 110 cm³/mol. The first kappa shape index (κ1) is 16.9. The summed E-state index contributed by atoms with van der Waals surface area (Å²) in [4.78, 5) is 12.6. The van der Waals surface area contributed by atoms with E-state index < -0.39 is 0 Å². The van der Waals surface area contributed by atoms with E-state index >= 15 is 0 Å². The standard InChI is InChI=1S/C22H21FN4O2/c23-14-1-3-18-17(11-14)16-5-6-27(13-20(16)24-18)15-2-4-21-19(12-15)25-22(29-21)26-7-9-28-10-8-26/h1-4,11-12,24H,5-10,13H2. The van der Waals surface area contributed by atoms with Crippen molar-refractivity contribution in [2.75, 3.05) is 42.6 Å². The summed E-state index contributed by atoms with van der Waals surface area (Å²) in [6.07, 6.45) is 0.884. The van der Waals surface area contributed by atoms with E-state index in [9.17, 15) is 4.39 Å². The molecule has 0 saturated carbocycles. The number of halogens is 1. The Hall–Kier alpha value is -3.06. The van der Waals surface area contributed by atoms with Gasteiger partial charge in [0.25, 0.3) is 6.01 Å². The van der Waals surface area contributed by atoms with Crippen LogP contribution in [-0.2, 0) is 17.7 Å². The van der Waals surface area contributed by atoms with Crippen molar-refractivity contribution in [1.82, 2.24) is 9.97 Å². The Labute approximate surface area is 166 Å². The fourth-order valence-electron chi connectivity index (χ4n) is 4.42. The minimum atomic E-state index is -0.186. The number of aromatic nitrogens is 2. The molecule has 2 aromatic carbocycles. The number of nitrogens with zero attached hydrogens (tertiary/aromatic N) is 3. The maximum absolute atomic E-state index is 13.7. The Bertz CT molecular complexity index is 1210. The third kappa shape index (κ3) is 2.84. The zero-order valence-corrected chi connectivity index (χ0v) is 15.9. The number of aromatic amines is 1. The maximum Gasteiger partial charge on any atom is 0.298 e. The molecule has 1 N–H and O–H groups in total. The minimum absolute atomic E-state index is 0.186. The van der Waals surface area contributed by atoms with E-state index in [-0.39, 0.29) is 5.82 Å². The van der Waals surface area contributed by atoms with Gasteiger partial charge in [-0.3, -0.25) is 0 Å².